The van der Waals surface area contributed by atoms with Crippen LogP contribution in [-0.2, 0) is 6.18 Å². The molecule has 1 aliphatic heterocycles. The van der Waals surface area contributed by atoms with Crippen LogP contribution in [0.4, 0.5) is 13.2 Å². The maximum absolute atomic E-state index is 12.9. The van der Waals surface area contributed by atoms with E-state index in [2.05, 4.69) is 11.8 Å². The molecule has 1 atom stereocenters. The lowest BCUT2D eigenvalue weighted by atomic mass is 9.82. The Labute approximate surface area is 209 Å². The molecule has 3 aromatic carbocycles. The molecule has 0 radical (unpaired) electrons. The minimum atomic E-state index is -4.39. The molecular weight excluding hydrogens is 467 g/mol. The summed E-state index contributed by atoms with van der Waals surface area (Å²) in [6.45, 7) is 5.17. The van der Waals surface area contributed by atoms with E-state index in [0.717, 1.165) is 61.8 Å². The maximum Gasteiger partial charge on any atom is 0.416 e. The Hall–Kier alpha value is -2.90. The highest BCUT2D eigenvalue weighted by atomic mass is 19.4. The molecule has 1 heterocycles. The van der Waals surface area contributed by atoms with E-state index in [0.29, 0.717) is 35.3 Å². The van der Waals surface area contributed by atoms with Gasteiger partial charge < -0.3 is 14.7 Å². The molecule has 0 aromatic heterocycles. The van der Waals surface area contributed by atoms with Gasteiger partial charge in [0.2, 0.25) is 0 Å². The number of carbonyl (C=O) groups is 1. The average molecular weight is 500 g/mol. The Kier molecular flexibility index (Phi) is 8.32. The summed E-state index contributed by atoms with van der Waals surface area (Å²) in [7, 11) is 0. The molecule has 4 nitrogen and oxygen atoms in total. The first-order valence-electron chi connectivity index (χ1n) is 12.5. The van der Waals surface area contributed by atoms with Crippen molar-refractivity contribution in [3.8, 4) is 11.5 Å². The number of carbonyl (C=O) groups excluding carboxylic acids is 1. The molecule has 0 bridgehead atoms. The van der Waals surface area contributed by atoms with Gasteiger partial charge in [-0.25, -0.2) is 0 Å². The molecule has 0 amide bonds. The highest BCUT2D eigenvalue weighted by molar-refractivity contribution is 6.01. The smallest absolute Gasteiger partial charge is 0.416 e. The van der Waals surface area contributed by atoms with Crippen LogP contribution in [0, 0.1) is 11.8 Å². The van der Waals surface area contributed by atoms with Crippen LogP contribution < -0.4 is 4.74 Å². The Balaban J connectivity index is 1.38. The number of alkyl halides is 3. The van der Waals surface area contributed by atoms with Gasteiger partial charge in [-0.3, -0.25) is 4.79 Å². The molecule has 192 valence electrons. The SMILES string of the molecule is C[C@@H](CCC(=O)c1ccc2c(Oc3ccc(C(F)(F)F)cc3)cccc2c1)C1CCN(CCO)CC1. The lowest BCUT2D eigenvalue weighted by molar-refractivity contribution is -0.137. The van der Waals surface area contributed by atoms with Crippen molar-refractivity contribution in [1.29, 1.82) is 0 Å². The molecule has 0 spiro atoms. The number of Topliss-reactive ketones (excluding diaryl/α,β-unsaturated/α-hetero) is 1. The fraction of sp³-hybridized carbons (Fsp3) is 0.414. The second-order valence-corrected chi connectivity index (χ2v) is 9.66. The molecule has 4 rings (SSSR count). The van der Waals surface area contributed by atoms with Crippen LogP contribution in [0.5, 0.6) is 11.5 Å². The van der Waals surface area contributed by atoms with Crippen LogP contribution in [-0.4, -0.2) is 42.0 Å². The maximum atomic E-state index is 12.9. The first-order valence-corrected chi connectivity index (χ1v) is 12.5. The standard InChI is InChI=1S/C29H32F3NO3/c1-20(21-13-15-33(16-14-21)17-18-34)5-12-27(35)23-6-11-26-22(19-23)3-2-4-28(26)36-25-9-7-24(8-10-25)29(30,31)32/h2-4,6-11,19-21,34H,5,12-18H2,1H3/t20-/m0/s1. The van der Waals surface area contributed by atoms with Gasteiger partial charge in [-0.1, -0.05) is 25.1 Å². The number of ketones is 1. The van der Waals surface area contributed by atoms with Crippen molar-refractivity contribution in [3.05, 3.63) is 71.8 Å². The third-order valence-electron chi connectivity index (χ3n) is 7.25. The van der Waals surface area contributed by atoms with E-state index in [1.54, 1.807) is 18.2 Å². The number of rotatable bonds is 9. The van der Waals surface area contributed by atoms with Crippen LogP contribution in [0.1, 0.15) is 48.5 Å². The summed E-state index contributed by atoms with van der Waals surface area (Å²) in [5.74, 6) is 2.01. The minimum absolute atomic E-state index is 0.107. The van der Waals surface area contributed by atoms with Crippen molar-refractivity contribution in [3.63, 3.8) is 0 Å². The van der Waals surface area contributed by atoms with Crippen molar-refractivity contribution >= 4 is 16.6 Å². The van der Waals surface area contributed by atoms with E-state index < -0.39 is 11.7 Å². The predicted octanol–water partition coefficient (Wildman–Crippen LogP) is 6.95. The summed E-state index contributed by atoms with van der Waals surface area (Å²) < 4.78 is 44.3. The lowest BCUT2D eigenvalue weighted by Gasteiger charge is -2.34. The second-order valence-electron chi connectivity index (χ2n) is 9.66. The molecule has 1 N–H and O–H groups in total. The van der Waals surface area contributed by atoms with Gasteiger partial charge in [0.25, 0.3) is 0 Å². The molecule has 7 heteroatoms. The molecule has 1 fully saturated rings. The Morgan fingerprint density at radius 3 is 2.47 bits per heavy atom. The van der Waals surface area contributed by atoms with E-state index in [9.17, 15) is 18.0 Å². The molecule has 3 aromatic rings. The number of piperidine rings is 1. The number of fused-ring (bicyclic) bond motifs is 1. The van der Waals surface area contributed by atoms with Crippen molar-refractivity contribution in [2.24, 2.45) is 11.8 Å². The fourth-order valence-electron chi connectivity index (χ4n) is 4.98. The number of benzene rings is 3. The number of ether oxygens (including phenoxy) is 1. The summed E-state index contributed by atoms with van der Waals surface area (Å²) >= 11 is 0. The van der Waals surface area contributed by atoms with Crippen LogP contribution in [0.25, 0.3) is 10.8 Å². The monoisotopic (exact) mass is 499 g/mol. The number of aliphatic hydroxyl groups excluding tert-OH is 1. The zero-order valence-electron chi connectivity index (χ0n) is 20.4. The molecule has 36 heavy (non-hydrogen) atoms. The molecule has 0 unspecified atom stereocenters. The molecule has 0 saturated carbocycles. The average Bonchev–Trinajstić information content (AvgIpc) is 2.87. The van der Waals surface area contributed by atoms with Crippen molar-refractivity contribution < 1.29 is 27.8 Å². The largest absolute Gasteiger partial charge is 0.457 e. The first-order chi connectivity index (χ1) is 17.2. The zero-order chi connectivity index (χ0) is 25.7. The van der Waals surface area contributed by atoms with E-state index in [4.69, 9.17) is 9.84 Å². The van der Waals surface area contributed by atoms with Crippen LogP contribution in [0.15, 0.2) is 60.7 Å². The van der Waals surface area contributed by atoms with E-state index >= 15 is 0 Å². The number of likely N-dealkylation sites (tertiary alicyclic amines) is 1. The molecular formula is C29H32F3NO3. The predicted molar refractivity (Wildman–Crippen MR) is 134 cm³/mol. The quantitative estimate of drug-likeness (QED) is 0.324. The first kappa shape index (κ1) is 26.2. The minimum Gasteiger partial charge on any atom is -0.457 e. The number of hydrogen-bond acceptors (Lipinski definition) is 4. The molecule has 1 saturated heterocycles. The van der Waals surface area contributed by atoms with Gasteiger partial charge in [-0.05, 0) is 92.0 Å². The summed E-state index contributed by atoms with van der Waals surface area (Å²) in [6, 6.07) is 15.5. The third-order valence-corrected chi connectivity index (χ3v) is 7.25. The fourth-order valence-corrected chi connectivity index (χ4v) is 4.98. The highest BCUT2D eigenvalue weighted by Crippen LogP contribution is 2.34. The zero-order valence-corrected chi connectivity index (χ0v) is 20.4. The Morgan fingerprint density at radius 2 is 1.81 bits per heavy atom. The summed E-state index contributed by atoms with van der Waals surface area (Å²) in [5.41, 5.74) is -0.0726. The summed E-state index contributed by atoms with van der Waals surface area (Å²) in [6.07, 6.45) is -0.847. The van der Waals surface area contributed by atoms with E-state index in [-0.39, 0.29) is 12.4 Å². The van der Waals surface area contributed by atoms with Crippen LogP contribution in [0.2, 0.25) is 0 Å². The lowest BCUT2D eigenvalue weighted by Crippen LogP contribution is -2.37. The van der Waals surface area contributed by atoms with Gasteiger partial charge >= 0.3 is 6.18 Å². The van der Waals surface area contributed by atoms with Gasteiger partial charge in [0.05, 0.1) is 12.2 Å². The molecule has 0 aliphatic carbocycles. The summed E-state index contributed by atoms with van der Waals surface area (Å²) in [5, 5.41) is 10.7. The molecule has 1 aliphatic rings. The number of β-amino-alcohol motifs (C(OH)–C–C–N with tert-alkyl or cyclic N) is 1. The highest BCUT2D eigenvalue weighted by Gasteiger charge is 2.30. The van der Waals surface area contributed by atoms with Crippen molar-refractivity contribution in [2.75, 3.05) is 26.2 Å². The van der Waals surface area contributed by atoms with Gasteiger partial charge in [0.15, 0.2) is 5.78 Å². The third kappa shape index (κ3) is 6.45. The van der Waals surface area contributed by atoms with E-state index in [1.165, 1.54) is 12.1 Å². The Morgan fingerprint density at radius 1 is 1.08 bits per heavy atom. The normalized spacial score (nSPS) is 16.2. The Bertz CT molecular complexity index is 1170. The van der Waals surface area contributed by atoms with Gasteiger partial charge in [0, 0.05) is 23.9 Å². The van der Waals surface area contributed by atoms with Crippen molar-refractivity contribution in [1.82, 2.24) is 4.90 Å². The second kappa shape index (κ2) is 11.4. The van der Waals surface area contributed by atoms with Gasteiger partial charge in [-0.15, -0.1) is 0 Å². The van der Waals surface area contributed by atoms with Crippen LogP contribution in [0.3, 0.4) is 0 Å². The number of nitrogens with zero attached hydrogens (tertiary/aromatic N) is 1. The van der Waals surface area contributed by atoms with Crippen molar-refractivity contribution in [2.45, 2.75) is 38.8 Å². The topological polar surface area (TPSA) is 49.8 Å². The number of hydrogen-bond donors (Lipinski definition) is 1. The number of aliphatic hydroxyl groups is 1. The van der Waals surface area contributed by atoms with E-state index in [1.807, 2.05) is 18.2 Å². The summed E-state index contributed by atoms with van der Waals surface area (Å²) in [4.78, 5) is 15.2. The van der Waals surface area contributed by atoms with Gasteiger partial charge in [0.1, 0.15) is 11.5 Å². The van der Waals surface area contributed by atoms with Gasteiger partial charge in [-0.2, -0.15) is 13.2 Å². The number of halogens is 3. The van der Waals surface area contributed by atoms with Crippen LogP contribution >= 0.6 is 0 Å².